The maximum atomic E-state index is 2.12. The Hall–Kier alpha value is -0.00571. The van der Waals surface area contributed by atoms with Crippen molar-refractivity contribution in [3.63, 3.8) is 0 Å². The van der Waals surface area contributed by atoms with E-state index in [9.17, 15) is 0 Å². The van der Waals surface area contributed by atoms with Crippen molar-refractivity contribution in [2.75, 3.05) is 0 Å². The Morgan fingerprint density at radius 3 is 1.33 bits per heavy atom. The van der Waals surface area contributed by atoms with Crippen molar-refractivity contribution >= 4 is 0 Å². The second kappa shape index (κ2) is 12.1. The van der Waals surface area contributed by atoms with E-state index in [1.54, 1.807) is 0 Å². The van der Waals surface area contributed by atoms with Crippen LogP contribution in [0.5, 0.6) is 0 Å². The molecule has 0 bridgehead atoms. The molecule has 3 heteroatoms. The molecule has 2 aromatic carbocycles. The normalized spacial score (nSPS) is 7.07. The minimum atomic E-state index is 0. The third-order valence-electron chi connectivity index (χ3n) is 1.87. The van der Waals surface area contributed by atoms with Gasteiger partial charge in [0.1, 0.15) is 0 Å². The second-order valence-corrected chi connectivity index (χ2v) is 2.85. The van der Waals surface area contributed by atoms with Gasteiger partial charge < -0.3 is 24.8 Å². The summed E-state index contributed by atoms with van der Waals surface area (Å²) in [6.45, 7) is 4.24. The molecule has 80 valence electrons. The van der Waals surface area contributed by atoms with Gasteiger partial charge in [0.2, 0.25) is 0 Å². The molecule has 2 rings (SSSR count). The summed E-state index contributed by atoms with van der Waals surface area (Å²) < 4.78 is 0. The Kier molecular flexibility index (Phi) is 16.4. The molecule has 0 nitrogen and oxygen atoms in total. The van der Waals surface area contributed by atoms with E-state index >= 15 is 0 Å². The number of hydrogen-bond donors (Lipinski definition) is 0. The van der Waals surface area contributed by atoms with Gasteiger partial charge in [-0.05, 0) is 0 Å². The average Bonchev–Trinajstić information content (AvgIpc) is 2.67. The van der Waals surface area contributed by atoms with Crippen LogP contribution in [0.15, 0.2) is 48.5 Å². The van der Waals surface area contributed by atoms with Crippen molar-refractivity contribution < 1.29 is 46.5 Å². The van der Waals surface area contributed by atoms with Gasteiger partial charge in [-0.1, -0.05) is 13.8 Å². The second-order valence-electron chi connectivity index (χ2n) is 2.85. The van der Waals surface area contributed by atoms with Gasteiger partial charge in [0, 0.05) is 0 Å². The van der Waals surface area contributed by atoms with Crippen LogP contribution in [0.2, 0.25) is 0 Å². The third-order valence-corrected chi connectivity index (χ3v) is 1.87. The number of halogens is 2. The third kappa shape index (κ3) is 8.95. The summed E-state index contributed by atoms with van der Waals surface area (Å²) in [6, 6.07) is 16.3. The van der Waals surface area contributed by atoms with Crippen LogP contribution in [0.4, 0.5) is 0 Å². The van der Waals surface area contributed by atoms with Crippen molar-refractivity contribution in [2.45, 2.75) is 13.8 Å². The monoisotopic (exact) mass is 276 g/mol. The zero-order valence-electron chi connectivity index (χ0n) is 8.87. The molecule has 0 radical (unpaired) electrons. The summed E-state index contributed by atoms with van der Waals surface area (Å²) in [6.07, 6.45) is 0. The molecule has 0 saturated heterocycles. The Morgan fingerprint density at radius 1 is 0.800 bits per heavy atom. The summed E-state index contributed by atoms with van der Waals surface area (Å²) in [5, 5.41) is 0. The molecule has 0 heterocycles. The largest absolute Gasteiger partial charge is 4.00 e. The average molecular weight is 277 g/mol. The first-order valence-corrected chi connectivity index (χ1v) is 4.16. The van der Waals surface area contributed by atoms with Crippen molar-refractivity contribution in [3.05, 3.63) is 59.7 Å². The Morgan fingerprint density at radius 2 is 1.20 bits per heavy atom. The fraction of sp³-hybridized carbons (Fsp3) is 0.167. The van der Waals surface area contributed by atoms with Crippen LogP contribution < -0.4 is 24.8 Å². The van der Waals surface area contributed by atoms with Crippen molar-refractivity contribution in [3.8, 4) is 0 Å². The van der Waals surface area contributed by atoms with Crippen LogP contribution in [0.25, 0.3) is 0 Å². The Labute approximate surface area is 120 Å². The van der Waals surface area contributed by atoms with E-state index in [0.29, 0.717) is 0 Å². The quantitative estimate of drug-likeness (QED) is 0.367. The molecular weight excluding hydrogens is 263 g/mol. The topological polar surface area (TPSA) is 0 Å². The van der Waals surface area contributed by atoms with Crippen LogP contribution in [0.1, 0.15) is 11.1 Å². The molecule has 0 spiro atoms. The van der Waals surface area contributed by atoms with Gasteiger partial charge in [0.25, 0.3) is 0 Å². The molecule has 0 amide bonds. The van der Waals surface area contributed by atoms with Crippen LogP contribution >= 0.6 is 0 Å². The fourth-order valence-electron chi connectivity index (χ4n) is 0.920. The molecule has 0 atom stereocenters. The number of rotatable bonds is 0. The van der Waals surface area contributed by atoms with E-state index in [1.807, 2.05) is 30.3 Å². The van der Waals surface area contributed by atoms with Crippen molar-refractivity contribution in [1.82, 2.24) is 0 Å². The van der Waals surface area contributed by atoms with Crippen LogP contribution in [-0.4, -0.2) is 0 Å². The van der Waals surface area contributed by atoms with Gasteiger partial charge in [-0.15, -0.1) is 0 Å². The minimum Gasteiger partial charge on any atom is -1.00 e. The van der Waals surface area contributed by atoms with E-state index in [2.05, 4.69) is 32.0 Å². The molecule has 0 aliphatic heterocycles. The zero-order chi connectivity index (χ0) is 8.81. The fourth-order valence-corrected chi connectivity index (χ4v) is 0.920. The van der Waals surface area contributed by atoms with Gasteiger partial charge in [-0.3, -0.25) is 0 Å². The Bertz CT molecular complexity index is 265. The minimum absolute atomic E-state index is 0. The van der Waals surface area contributed by atoms with Gasteiger partial charge in [0.15, 0.2) is 0 Å². The molecular formula is C12H14Cl2Ti. The Balaban J connectivity index is -0.000000165. The smallest absolute Gasteiger partial charge is 1.00 e. The summed E-state index contributed by atoms with van der Waals surface area (Å²) in [7, 11) is 0. The molecule has 0 aromatic heterocycles. The van der Waals surface area contributed by atoms with Crippen LogP contribution in [-0.2, 0) is 21.7 Å². The SMILES string of the molecule is Cc1c[cH-]cc1C.[Cl-].[Cl-].[Ti+4].c1cc[cH-]c1. The summed E-state index contributed by atoms with van der Waals surface area (Å²) in [5.41, 5.74) is 2.78. The van der Waals surface area contributed by atoms with Gasteiger partial charge in [-0.2, -0.15) is 47.5 Å². The molecule has 0 aliphatic carbocycles. The van der Waals surface area contributed by atoms with Gasteiger partial charge in [0.05, 0.1) is 0 Å². The first-order chi connectivity index (χ1) is 5.80. The van der Waals surface area contributed by atoms with Crippen LogP contribution in [0.3, 0.4) is 0 Å². The predicted octanol–water partition coefficient (Wildman–Crippen LogP) is -2.57. The van der Waals surface area contributed by atoms with Gasteiger partial charge >= 0.3 is 21.7 Å². The molecule has 2 aromatic rings. The van der Waals surface area contributed by atoms with E-state index in [4.69, 9.17) is 0 Å². The first kappa shape index (κ1) is 20.4. The van der Waals surface area contributed by atoms with Crippen LogP contribution in [0, 0.1) is 13.8 Å². The molecule has 0 fully saturated rings. The van der Waals surface area contributed by atoms with Crippen molar-refractivity contribution in [1.29, 1.82) is 0 Å². The standard InChI is InChI=1S/C7H9.C5H5.2ClH.Ti/c1-6-4-3-5-7(6)2;1-2-4-5-3-1;;;/h3-5H,1-2H3;1-5H;2*1H;/q2*-1;;;+4/p-2. The van der Waals surface area contributed by atoms with E-state index in [1.165, 1.54) is 11.1 Å². The summed E-state index contributed by atoms with van der Waals surface area (Å²) in [4.78, 5) is 0. The number of hydrogen-bond acceptors (Lipinski definition) is 0. The van der Waals surface area contributed by atoms with Crippen molar-refractivity contribution in [2.24, 2.45) is 0 Å². The number of aryl methyl sites for hydroxylation is 2. The zero-order valence-corrected chi connectivity index (χ0v) is 11.9. The molecule has 0 N–H and O–H groups in total. The maximum absolute atomic E-state index is 2.12. The molecule has 0 aliphatic rings. The predicted molar refractivity (Wildman–Crippen MR) is 53.5 cm³/mol. The maximum Gasteiger partial charge on any atom is 4.00 e. The molecule has 0 saturated carbocycles. The molecule has 15 heavy (non-hydrogen) atoms. The first-order valence-electron chi connectivity index (χ1n) is 4.16. The van der Waals surface area contributed by atoms with E-state index in [0.717, 1.165) is 0 Å². The van der Waals surface area contributed by atoms with E-state index < -0.39 is 0 Å². The van der Waals surface area contributed by atoms with E-state index in [-0.39, 0.29) is 46.5 Å². The van der Waals surface area contributed by atoms with Gasteiger partial charge in [-0.25, -0.2) is 12.1 Å². The molecule has 0 unspecified atom stereocenters. The summed E-state index contributed by atoms with van der Waals surface area (Å²) in [5.74, 6) is 0. The summed E-state index contributed by atoms with van der Waals surface area (Å²) >= 11 is 0.